The van der Waals surface area contributed by atoms with E-state index in [1.165, 1.54) is 53.7 Å². The Morgan fingerprint density at radius 1 is 0.500 bits per heavy atom. The van der Waals surface area contributed by atoms with Gasteiger partial charge in [-0.3, -0.25) is 0 Å². The van der Waals surface area contributed by atoms with E-state index in [4.69, 9.17) is 14.2 Å². The van der Waals surface area contributed by atoms with Crippen LogP contribution in [0.3, 0.4) is 0 Å². The molecule has 1 aromatic carbocycles. The van der Waals surface area contributed by atoms with Crippen molar-refractivity contribution in [2.24, 2.45) is 0 Å². The molecule has 0 spiro atoms. The SMILES string of the molecule is Cc1cc(C(C)(C)C)npc1[Si](c1ccccc1)(c1pnc(C(C)(C)C)cc1C)c1pnc(C(C)(C)C)cc1C. The minimum atomic E-state index is -2.74. The lowest BCUT2D eigenvalue weighted by atomic mass is 9.92. The number of rotatable bonds is 4. The van der Waals surface area contributed by atoms with Crippen LogP contribution in [0.1, 0.15) is 96.1 Å². The summed E-state index contributed by atoms with van der Waals surface area (Å²) in [6.07, 6.45) is 0. The third-order valence-corrected chi connectivity index (χ3v) is 18.6. The van der Waals surface area contributed by atoms with E-state index in [2.05, 4.69) is 132 Å². The molecule has 3 nitrogen and oxygen atoms in total. The van der Waals surface area contributed by atoms with Crippen LogP contribution in [0.4, 0.5) is 0 Å². The molecule has 210 valence electrons. The van der Waals surface area contributed by atoms with E-state index in [1.54, 1.807) is 0 Å². The van der Waals surface area contributed by atoms with Gasteiger partial charge in [-0.2, -0.15) is 0 Å². The molecule has 0 aliphatic carbocycles. The van der Waals surface area contributed by atoms with Crippen LogP contribution >= 0.6 is 25.1 Å². The van der Waals surface area contributed by atoms with Gasteiger partial charge in [0, 0.05) is 56.1 Å². The molecule has 0 unspecified atom stereocenters. The zero-order valence-corrected chi connectivity index (χ0v) is 30.0. The largest absolute Gasteiger partial charge is 0.232 e. The molecule has 3 heterocycles. The molecule has 7 heteroatoms. The number of hydrogen-bond acceptors (Lipinski definition) is 3. The normalized spacial score (nSPS) is 14.8. The Balaban J connectivity index is 2.20. The summed E-state index contributed by atoms with van der Waals surface area (Å²) in [5.41, 5.74) is 7.57. The predicted molar refractivity (Wildman–Crippen MR) is 181 cm³/mol. The van der Waals surface area contributed by atoms with E-state index in [-0.39, 0.29) is 16.2 Å². The first kappa shape index (κ1) is 31.1. The summed E-state index contributed by atoms with van der Waals surface area (Å²) in [4.78, 5) is 4.34. The van der Waals surface area contributed by atoms with Gasteiger partial charge < -0.3 is 0 Å². The molecule has 0 fully saturated rings. The van der Waals surface area contributed by atoms with Gasteiger partial charge in [-0.15, -0.1) is 0 Å². The smallest absolute Gasteiger partial charge is 0.200 e. The molecule has 4 aromatic rings. The second kappa shape index (κ2) is 11.1. The maximum Gasteiger partial charge on any atom is 0.200 e. The average molecular weight is 604 g/mol. The van der Waals surface area contributed by atoms with E-state index in [0.717, 1.165) is 25.1 Å². The molecular formula is C33H44N3P3Si. The van der Waals surface area contributed by atoms with Gasteiger partial charge in [0.2, 0.25) is 8.07 Å². The number of aromatic nitrogens is 3. The molecule has 0 bridgehead atoms. The van der Waals surface area contributed by atoms with E-state index >= 15 is 0 Å². The van der Waals surface area contributed by atoms with Gasteiger partial charge in [-0.25, -0.2) is 14.2 Å². The molecule has 0 saturated carbocycles. The lowest BCUT2D eigenvalue weighted by molar-refractivity contribution is 0.574. The third-order valence-electron chi connectivity index (χ3n) is 7.53. The maximum atomic E-state index is 5.24. The Labute approximate surface area is 248 Å². The van der Waals surface area contributed by atoms with Gasteiger partial charge in [-0.1, -0.05) is 92.6 Å². The summed E-state index contributed by atoms with van der Waals surface area (Å²) in [7, 11) is 0.416. The van der Waals surface area contributed by atoms with Crippen LogP contribution < -0.4 is 19.9 Å². The first-order valence-electron chi connectivity index (χ1n) is 14.1. The fourth-order valence-corrected chi connectivity index (χ4v) is 17.9. The van der Waals surface area contributed by atoms with E-state index < -0.39 is 8.07 Å². The fourth-order valence-electron chi connectivity index (χ4n) is 5.10. The predicted octanol–water partition coefficient (Wildman–Crippen LogP) is 7.81. The second-order valence-corrected chi connectivity index (χ2v) is 21.5. The topological polar surface area (TPSA) is 38.7 Å². The van der Waals surface area contributed by atoms with Crippen molar-refractivity contribution in [1.82, 2.24) is 14.2 Å². The van der Waals surface area contributed by atoms with Crippen LogP contribution in [0.2, 0.25) is 0 Å². The van der Waals surface area contributed by atoms with Gasteiger partial charge in [-0.05, 0) is 60.8 Å². The van der Waals surface area contributed by atoms with Gasteiger partial charge >= 0.3 is 0 Å². The number of hydrogen-bond donors (Lipinski definition) is 0. The summed E-state index contributed by atoms with van der Waals surface area (Å²) >= 11 is 0. The highest BCUT2D eigenvalue weighted by Crippen LogP contribution is 2.30. The van der Waals surface area contributed by atoms with Crippen molar-refractivity contribution < 1.29 is 0 Å². The molecule has 3 aromatic heterocycles. The van der Waals surface area contributed by atoms with Crippen LogP contribution in [-0.4, -0.2) is 22.3 Å². The van der Waals surface area contributed by atoms with Gasteiger partial charge in [0.05, 0.1) is 17.1 Å². The highest BCUT2D eigenvalue weighted by Gasteiger charge is 2.47. The summed E-state index contributed by atoms with van der Waals surface area (Å²) in [5.74, 6) is 0. The zero-order chi connectivity index (χ0) is 29.7. The number of nitrogens with zero attached hydrogens (tertiary/aromatic N) is 3. The van der Waals surface area contributed by atoms with Crippen LogP contribution in [0.5, 0.6) is 0 Å². The molecular weight excluding hydrogens is 559 g/mol. The highest BCUT2D eigenvalue weighted by molar-refractivity contribution is 7.56. The minimum Gasteiger partial charge on any atom is -0.232 e. The Morgan fingerprint density at radius 3 is 1.05 bits per heavy atom. The van der Waals surface area contributed by atoms with Crippen LogP contribution in [0, 0.1) is 20.8 Å². The van der Waals surface area contributed by atoms with E-state index in [9.17, 15) is 0 Å². The molecule has 0 aliphatic heterocycles. The average Bonchev–Trinajstić information content (AvgIpc) is 2.85. The molecule has 0 atom stereocenters. The molecule has 0 saturated heterocycles. The molecule has 0 amide bonds. The molecule has 0 radical (unpaired) electrons. The molecule has 40 heavy (non-hydrogen) atoms. The van der Waals surface area contributed by atoms with E-state index in [1.807, 2.05) is 0 Å². The van der Waals surface area contributed by atoms with Gasteiger partial charge in [0.15, 0.2) is 0 Å². The summed E-state index contributed by atoms with van der Waals surface area (Å²) in [6, 6.07) is 18.3. The minimum absolute atomic E-state index is 0.00661. The van der Waals surface area contributed by atoms with Crippen LogP contribution in [0.25, 0.3) is 0 Å². The van der Waals surface area contributed by atoms with Crippen molar-refractivity contribution in [2.75, 3.05) is 0 Å². The maximum absolute atomic E-state index is 5.24. The second-order valence-electron chi connectivity index (χ2n) is 14.1. The lowest BCUT2D eigenvalue weighted by Crippen LogP contribution is -2.74. The Hall–Kier alpha value is -1.82. The quantitative estimate of drug-likeness (QED) is 0.224. The van der Waals surface area contributed by atoms with Gasteiger partial charge in [0.25, 0.3) is 0 Å². The molecule has 4 rings (SSSR count). The first-order chi connectivity index (χ1) is 18.5. The number of benzene rings is 1. The van der Waals surface area contributed by atoms with Crippen molar-refractivity contribution >= 4 is 53.1 Å². The number of aryl methyl sites for hydroxylation is 3. The van der Waals surface area contributed by atoms with Crippen molar-refractivity contribution in [3.63, 3.8) is 0 Å². The molecule has 0 N–H and O–H groups in total. The fraction of sp³-hybridized carbons (Fsp3) is 0.455. The van der Waals surface area contributed by atoms with E-state index in [0.29, 0.717) is 0 Å². The lowest BCUT2D eigenvalue weighted by Gasteiger charge is -2.36. The standard InChI is InChI=1S/C33H44N3P3Si/c1-21-18-25(31(4,5)6)34-37-28(21)40(24-16-14-13-15-17-24,29-22(2)19-26(35-38-29)32(7,8)9)30-23(3)20-27(36-39-30)33(10,11)12/h13-20H,1-12H3. The zero-order valence-electron chi connectivity index (χ0n) is 26.3. The van der Waals surface area contributed by atoms with Crippen molar-refractivity contribution in [1.29, 1.82) is 0 Å². The van der Waals surface area contributed by atoms with Crippen molar-refractivity contribution in [3.05, 3.63) is 82.3 Å². The Morgan fingerprint density at radius 2 is 0.800 bits per heavy atom. The van der Waals surface area contributed by atoms with Crippen LogP contribution in [0.15, 0.2) is 48.5 Å². The molecule has 0 aliphatic rings. The third kappa shape index (κ3) is 5.89. The summed E-state index contributed by atoms with van der Waals surface area (Å²) < 4.78 is 15.7. The Bertz CT molecular complexity index is 1380. The van der Waals surface area contributed by atoms with Crippen molar-refractivity contribution in [3.8, 4) is 0 Å². The van der Waals surface area contributed by atoms with Crippen LogP contribution in [-0.2, 0) is 16.2 Å². The monoisotopic (exact) mass is 603 g/mol. The first-order valence-corrected chi connectivity index (χ1v) is 18.6. The highest BCUT2D eigenvalue weighted by atomic mass is 31.1. The summed E-state index contributed by atoms with van der Waals surface area (Å²) in [5, 5.41) is 1.40. The van der Waals surface area contributed by atoms with Gasteiger partial charge in [0.1, 0.15) is 0 Å². The summed E-state index contributed by atoms with van der Waals surface area (Å²) in [6.45, 7) is 27.2. The Kier molecular flexibility index (Phi) is 8.64. The van der Waals surface area contributed by atoms with Crippen molar-refractivity contribution in [2.45, 2.75) is 99.3 Å².